The molecule has 2 heterocycles. The lowest BCUT2D eigenvalue weighted by Gasteiger charge is -2.19. The predicted octanol–water partition coefficient (Wildman–Crippen LogP) is 4.05. The summed E-state index contributed by atoms with van der Waals surface area (Å²) in [6.45, 7) is 1.49. The minimum absolute atomic E-state index is 0.00678. The minimum atomic E-state index is -4.50. The number of benzene rings is 1. The fraction of sp³-hybridized carbons (Fsp3) is 0.158. The van der Waals surface area contributed by atoms with Gasteiger partial charge in [0, 0.05) is 30.4 Å². The van der Waals surface area contributed by atoms with E-state index < -0.39 is 23.7 Å². The van der Waals surface area contributed by atoms with Crippen molar-refractivity contribution in [2.75, 3.05) is 0 Å². The summed E-state index contributed by atoms with van der Waals surface area (Å²) in [5.41, 5.74) is 0.114. The van der Waals surface area contributed by atoms with Gasteiger partial charge in [0.2, 0.25) is 0 Å². The number of carbonyl (C=O) groups is 1. The number of nitrogens with one attached hydrogen (secondary N) is 1. The summed E-state index contributed by atoms with van der Waals surface area (Å²) in [7, 11) is 0. The van der Waals surface area contributed by atoms with Crippen LogP contribution in [-0.4, -0.2) is 20.9 Å². The van der Waals surface area contributed by atoms with Gasteiger partial charge < -0.3 is 5.32 Å². The van der Waals surface area contributed by atoms with Gasteiger partial charge >= 0.3 is 6.18 Å². The molecule has 138 valence electrons. The molecule has 1 aromatic carbocycles. The van der Waals surface area contributed by atoms with Crippen molar-refractivity contribution in [2.24, 2.45) is 0 Å². The first-order chi connectivity index (χ1) is 12.9. The number of aromatic nitrogens is 3. The molecule has 8 heteroatoms. The molecule has 0 spiro atoms. The Kier molecular flexibility index (Phi) is 5.16. The molecule has 1 atom stereocenters. The average Bonchev–Trinajstić information content (AvgIpc) is 2.68. The number of carbonyl (C=O) groups excluding carboxylic acids is 1. The van der Waals surface area contributed by atoms with Gasteiger partial charge in [-0.25, -0.2) is 9.97 Å². The number of alkyl halides is 3. The lowest BCUT2D eigenvalue weighted by molar-refractivity contribution is -0.138. The van der Waals surface area contributed by atoms with Crippen molar-refractivity contribution in [3.8, 4) is 11.4 Å². The maximum absolute atomic E-state index is 13.1. The van der Waals surface area contributed by atoms with Crippen molar-refractivity contribution in [1.29, 1.82) is 0 Å². The molecule has 0 bridgehead atoms. The third-order valence-corrected chi connectivity index (χ3v) is 3.93. The topological polar surface area (TPSA) is 67.8 Å². The molecule has 0 radical (unpaired) electrons. The maximum Gasteiger partial charge on any atom is 0.416 e. The van der Waals surface area contributed by atoms with E-state index in [9.17, 15) is 18.0 Å². The third-order valence-electron chi connectivity index (χ3n) is 3.93. The summed E-state index contributed by atoms with van der Waals surface area (Å²) in [6, 6.07) is 7.76. The fourth-order valence-corrected chi connectivity index (χ4v) is 2.59. The van der Waals surface area contributed by atoms with Gasteiger partial charge in [-0.1, -0.05) is 18.2 Å². The SMILES string of the molecule is C[C@H](NC(=O)c1cnc(-c2ccncc2)nc1)c1ccccc1C(F)(F)F. The van der Waals surface area contributed by atoms with Crippen LogP contribution in [0.5, 0.6) is 0 Å². The Bertz CT molecular complexity index is 928. The van der Waals surface area contributed by atoms with Crippen molar-refractivity contribution in [1.82, 2.24) is 20.3 Å². The smallest absolute Gasteiger partial charge is 0.345 e. The Hall–Kier alpha value is -3.29. The predicted molar refractivity (Wildman–Crippen MR) is 92.6 cm³/mol. The van der Waals surface area contributed by atoms with Crippen molar-refractivity contribution < 1.29 is 18.0 Å². The molecule has 3 aromatic rings. The van der Waals surface area contributed by atoms with E-state index in [4.69, 9.17) is 0 Å². The molecule has 0 aliphatic heterocycles. The number of amides is 1. The maximum atomic E-state index is 13.1. The number of pyridine rings is 1. The molecule has 27 heavy (non-hydrogen) atoms. The minimum Gasteiger partial charge on any atom is -0.345 e. The zero-order chi connectivity index (χ0) is 19.4. The molecule has 0 fully saturated rings. The van der Waals surface area contributed by atoms with Crippen molar-refractivity contribution in [2.45, 2.75) is 19.1 Å². The van der Waals surface area contributed by atoms with E-state index in [0.29, 0.717) is 5.82 Å². The van der Waals surface area contributed by atoms with Gasteiger partial charge in [0.25, 0.3) is 5.91 Å². The van der Waals surface area contributed by atoms with Gasteiger partial charge in [-0.2, -0.15) is 13.2 Å². The van der Waals surface area contributed by atoms with E-state index in [0.717, 1.165) is 11.6 Å². The Morgan fingerprint density at radius 3 is 2.30 bits per heavy atom. The number of halogens is 3. The van der Waals surface area contributed by atoms with Gasteiger partial charge in [-0.05, 0) is 30.7 Å². The highest BCUT2D eigenvalue weighted by atomic mass is 19.4. The molecule has 0 aliphatic carbocycles. The van der Waals surface area contributed by atoms with E-state index in [1.807, 2.05) is 0 Å². The molecule has 0 aliphatic rings. The van der Waals surface area contributed by atoms with E-state index in [2.05, 4.69) is 20.3 Å². The van der Waals surface area contributed by atoms with Gasteiger partial charge in [-0.3, -0.25) is 9.78 Å². The second-order valence-electron chi connectivity index (χ2n) is 5.81. The van der Waals surface area contributed by atoms with Crippen LogP contribution in [0.1, 0.15) is 34.5 Å². The Balaban J connectivity index is 1.76. The lowest BCUT2D eigenvalue weighted by Crippen LogP contribution is -2.28. The molecule has 0 unspecified atom stereocenters. The zero-order valence-electron chi connectivity index (χ0n) is 14.2. The van der Waals surface area contributed by atoms with Crippen LogP contribution < -0.4 is 5.32 Å². The highest BCUT2D eigenvalue weighted by Crippen LogP contribution is 2.34. The lowest BCUT2D eigenvalue weighted by atomic mass is 10.0. The Morgan fingerprint density at radius 1 is 1.04 bits per heavy atom. The number of hydrogen-bond donors (Lipinski definition) is 1. The van der Waals surface area contributed by atoms with Gasteiger partial charge in [0.05, 0.1) is 17.2 Å². The number of hydrogen-bond acceptors (Lipinski definition) is 4. The summed E-state index contributed by atoms with van der Waals surface area (Å²) >= 11 is 0. The van der Waals surface area contributed by atoms with E-state index >= 15 is 0 Å². The van der Waals surface area contributed by atoms with Gasteiger partial charge in [0.15, 0.2) is 5.82 Å². The van der Waals surface area contributed by atoms with Crippen LogP contribution in [0.4, 0.5) is 13.2 Å². The Labute approximate surface area is 153 Å². The third kappa shape index (κ3) is 4.28. The quantitative estimate of drug-likeness (QED) is 0.750. The Morgan fingerprint density at radius 2 is 1.67 bits per heavy atom. The summed E-state index contributed by atoms with van der Waals surface area (Å²) < 4.78 is 39.4. The molecule has 2 aromatic heterocycles. The molecule has 1 amide bonds. The van der Waals surface area contributed by atoms with Crippen LogP contribution in [0.2, 0.25) is 0 Å². The first kappa shape index (κ1) is 18.5. The van der Waals surface area contributed by atoms with E-state index in [-0.39, 0.29) is 11.1 Å². The van der Waals surface area contributed by atoms with Crippen LogP contribution in [0, 0.1) is 0 Å². The van der Waals surface area contributed by atoms with Crippen LogP contribution in [-0.2, 0) is 6.18 Å². The van der Waals surface area contributed by atoms with E-state index in [1.54, 1.807) is 24.5 Å². The molecule has 5 nitrogen and oxygen atoms in total. The molecule has 3 rings (SSSR count). The van der Waals surface area contributed by atoms with Crippen LogP contribution >= 0.6 is 0 Å². The second-order valence-corrected chi connectivity index (χ2v) is 5.81. The number of nitrogens with zero attached hydrogens (tertiary/aromatic N) is 3. The zero-order valence-corrected chi connectivity index (χ0v) is 14.2. The highest BCUT2D eigenvalue weighted by molar-refractivity contribution is 5.94. The second kappa shape index (κ2) is 7.53. The average molecular weight is 372 g/mol. The van der Waals surface area contributed by atoms with Crippen LogP contribution in [0.15, 0.2) is 61.2 Å². The molecular weight excluding hydrogens is 357 g/mol. The first-order valence-corrected chi connectivity index (χ1v) is 8.05. The largest absolute Gasteiger partial charge is 0.416 e. The molecular formula is C19H15F3N4O. The number of rotatable bonds is 4. The van der Waals surface area contributed by atoms with Gasteiger partial charge in [-0.15, -0.1) is 0 Å². The normalized spacial score (nSPS) is 12.4. The molecule has 0 saturated carbocycles. The molecule has 0 saturated heterocycles. The fourth-order valence-electron chi connectivity index (χ4n) is 2.59. The first-order valence-electron chi connectivity index (χ1n) is 8.05. The molecule has 1 N–H and O–H groups in total. The van der Waals surface area contributed by atoms with Crippen LogP contribution in [0.25, 0.3) is 11.4 Å². The van der Waals surface area contributed by atoms with Crippen molar-refractivity contribution >= 4 is 5.91 Å². The summed E-state index contributed by atoms with van der Waals surface area (Å²) in [6.07, 6.45) is 1.37. The monoisotopic (exact) mass is 372 g/mol. The van der Waals surface area contributed by atoms with Crippen molar-refractivity contribution in [3.63, 3.8) is 0 Å². The highest BCUT2D eigenvalue weighted by Gasteiger charge is 2.34. The van der Waals surface area contributed by atoms with Gasteiger partial charge in [0.1, 0.15) is 0 Å². The van der Waals surface area contributed by atoms with Crippen molar-refractivity contribution in [3.05, 3.63) is 77.9 Å². The van der Waals surface area contributed by atoms with Crippen LogP contribution in [0.3, 0.4) is 0 Å². The standard InChI is InChI=1S/C19H15F3N4O/c1-12(15-4-2-3-5-16(15)19(20,21)22)26-18(27)14-10-24-17(25-11-14)13-6-8-23-9-7-13/h2-12H,1H3,(H,26,27)/t12-/m0/s1. The summed E-state index contributed by atoms with van der Waals surface area (Å²) in [5.74, 6) is -0.134. The summed E-state index contributed by atoms with van der Waals surface area (Å²) in [5, 5.41) is 2.56. The van der Waals surface area contributed by atoms with E-state index in [1.165, 1.54) is 37.5 Å². The summed E-state index contributed by atoms with van der Waals surface area (Å²) in [4.78, 5) is 24.5.